The van der Waals surface area contributed by atoms with E-state index in [4.69, 9.17) is 0 Å². The molecule has 0 aliphatic carbocycles. The molecule has 0 saturated heterocycles. The lowest BCUT2D eigenvalue weighted by Crippen LogP contribution is -1.92. The van der Waals surface area contributed by atoms with Gasteiger partial charge < -0.3 is 4.98 Å². The molecule has 1 rings (SSSR count). The molecule has 0 amide bonds. The lowest BCUT2D eigenvalue weighted by atomic mass is 10.1. The van der Waals surface area contributed by atoms with Crippen molar-refractivity contribution >= 4 is 6.29 Å². The summed E-state index contributed by atoms with van der Waals surface area (Å²) >= 11 is 0. The molecule has 0 saturated carbocycles. The van der Waals surface area contributed by atoms with Gasteiger partial charge in [-0.15, -0.1) is 0 Å². The van der Waals surface area contributed by atoms with Crippen LogP contribution in [0.1, 0.15) is 36.5 Å². The van der Waals surface area contributed by atoms with Gasteiger partial charge in [0.05, 0.1) is 5.69 Å². The minimum atomic E-state index is 0.675. The van der Waals surface area contributed by atoms with Crippen molar-refractivity contribution in [2.24, 2.45) is 5.92 Å². The summed E-state index contributed by atoms with van der Waals surface area (Å²) < 4.78 is 0. The van der Waals surface area contributed by atoms with Crippen LogP contribution in [0.15, 0.2) is 12.1 Å². The molecular formula is C10H15NO. The molecule has 2 heteroatoms. The van der Waals surface area contributed by atoms with Crippen molar-refractivity contribution in [3.63, 3.8) is 0 Å². The molecule has 1 heterocycles. The van der Waals surface area contributed by atoms with E-state index in [1.54, 1.807) is 0 Å². The van der Waals surface area contributed by atoms with Crippen LogP contribution in [0.4, 0.5) is 0 Å². The summed E-state index contributed by atoms with van der Waals surface area (Å²) in [5.41, 5.74) is 1.83. The molecule has 1 aromatic rings. The zero-order valence-electron chi connectivity index (χ0n) is 7.63. The molecule has 0 fully saturated rings. The smallest absolute Gasteiger partial charge is 0.166 e. The van der Waals surface area contributed by atoms with E-state index < -0.39 is 0 Å². The first-order chi connectivity index (χ1) is 5.72. The molecule has 0 bridgehead atoms. The van der Waals surface area contributed by atoms with Gasteiger partial charge in [-0.2, -0.15) is 0 Å². The minimum Gasteiger partial charge on any atom is -0.356 e. The van der Waals surface area contributed by atoms with Gasteiger partial charge in [-0.1, -0.05) is 13.8 Å². The van der Waals surface area contributed by atoms with Gasteiger partial charge in [0, 0.05) is 5.69 Å². The number of aromatic amines is 1. The van der Waals surface area contributed by atoms with Crippen molar-refractivity contribution < 1.29 is 4.79 Å². The maximum absolute atomic E-state index is 10.3. The van der Waals surface area contributed by atoms with Gasteiger partial charge in [0.25, 0.3) is 0 Å². The van der Waals surface area contributed by atoms with Crippen molar-refractivity contribution in [2.75, 3.05) is 0 Å². The Hall–Kier alpha value is -1.05. The summed E-state index contributed by atoms with van der Waals surface area (Å²) in [6.07, 6.45) is 3.04. The van der Waals surface area contributed by atoms with Gasteiger partial charge in [-0.25, -0.2) is 0 Å². The number of rotatable bonds is 4. The van der Waals surface area contributed by atoms with E-state index in [-0.39, 0.29) is 0 Å². The van der Waals surface area contributed by atoms with Gasteiger partial charge in [0.2, 0.25) is 0 Å². The Kier molecular flexibility index (Phi) is 3.09. The zero-order valence-corrected chi connectivity index (χ0v) is 7.63. The first-order valence-corrected chi connectivity index (χ1v) is 4.35. The number of nitrogens with one attached hydrogen (secondary N) is 1. The molecule has 2 nitrogen and oxygen atoms in total. The lowest BCUT2D eigenvalue weighted by Gasteiger charge is -2.01. The van der Waals surface area contributed by atoms with Crippen LogP contribution >= 0.6 is 0 Å². The van der Waals surface area contributed by atoms with E-state index in [9.17, 15) is 4.79 Å². The topological polar surface area (TPSA) is 32.9 Å². The summed E-state index contributed by atoms with van der Waals surface area (Å²) in [6.45, 7) is 4.40. The highest BCUT2D eigenvalue weighted by Gasteiger charge is 1.99. The van der Waals surface area contributed by atoms with E-state index in [1.165, 1.54) is 6.42 Å². The SMILES string of the molecule is CC(C)CCc1ccc(C=O)[nH]1. The summed E-state index contributed by atoms with van der Waals surface area (Å²) in [4.78, 5) is 13.4. The number of hydrogen-bond acceptors (Lipinski definition) is 1. The summed E-state index contributed by atoms with van der Waals surface area (Å²) in [6, 6.07) is 3.80. The van der Waals surface area contributed by atoms with Crippen molar-refractivity contribution in [1.82, 2.24) is 4.98 Å². The molecule has 0 unspecified atom stereocenters. The van der Waals surface area contributed by atoms with Crippen LogP contribution in [0.5, 0.6) is 0 Å². The fraction of sp³-hybridized carbons (Fsp3) is 0.500. The van der Waals surface area contributed by atoms with Crippen LogP contribution in [-0.2, 0) is 6.42 Å². The van der Waals surface area contributed by atoms with E-state index >= 15 is 0 Å². The van der Waals surface area contributed by atoms with Crippen LogP contribution in [0.3, 0.4) is 0 Å². The standard InChI is InChI=1S/C10H15NO/c1-8(2)3-4-9-5-6-10(7-12)11-9/h5-8,11H,3-4H2,1-2H3. The van der Waals surface area contributed by atoms with Crippen molar-refractivity contribution in [3.05, 3.63) is 23.5 Å². The number of H-pyrrole nitrogens is 1. The number of aldehydes is 1. The average Bonchev–Trinajstić information content (AvgIpc) is 2.48. The lowest BCUT2D eigenvalue weighted by molar-refractivity contribution is 0.111. The molecule has 0 radical (unpaired) electrons. The molecular weight excluding hydrogens is 150 g/mol. The maximum Gasteiger partial charge on any atom is 0.166 e. The minimum absolute atomic E-state index is 0.675. The molecule has 0 spiro atoms. The highest BCUT2D eigenvalue weighted by molar-refractivity contribution is 5.71. The second-order valence-electron chi connectivity index (χ2n) is 3.49. The Morgan fingerprint density at radius 1 is 1.50 bits per heavy atom. The number of carbonyl (C=O) groups is 1. The first kappa shape index (κ1) is 9.04. The van der Waals surface area contributed by atoms with Crippen LogP contribution in [-0.4, -0.2) is 11.3 Å². The van der Waals surface area contributed by atoms with Gasteiger partial charge in [-0.3, -0.25) is 4.79 Å². The van der Waals surface area contributed by atoms with E-state index in [2.05, 4.69) is 18.8 Å². The molecule has 1 N–H and O–H groups in total. The highest BCUT2D eigenvalue weighted by atomic mass is 16.1. The fourth-order valence-electron chi connectivity index (χ4n) is 1.12. The third kappa shape index (κ3) is 2.53. The molecule has 0 aromatic carbocycles. The predicted molar refractivity (Wildman–Crippen MR) is 49.3 cm³/mol. The Labute approximate surface area is 73.0 Å². The third-order valence-corrected chi connectivity index (χ3v) is 1.89. The molecule has 12 heavy (non-hydrogen) atoms. The first-order valence-electron chi connectivity index (χ1n) is 4.35. The Morgan fingerprint density at radius 3 is 2.75 bits per heavy atom. The number of hydrogen-bond donors (Lipinski definition) is 1. The molecule has 1 aromatic heterocycles. The Balaban J connectivity index is 2.47. The highest BCUT2D eigenvalue weighted by Crippen LogP contribution is 2.07. The molecule has 0 aliphatic heterocycles. The average molecular weight is 165 g/mol. The number of carbonyl (C=O) groups excluding carboxylic acids is 1. The summed E-state index contributed by atoms with van der Waals surface area (Å²) in [5.74, 6) is 0.716. The molecule has 0 atom stereocenters. The second kappa shape index (κ2) is 4.10. The second-order valence-corrected chi connectivity index (χ2v) is 3.49. The van der Waals surface area contributed by atoms with Crippen molar-refractivity contribution in [3.8, 4) is 0 Å². The summed E-state index contributed by atoms with van der Waals surface area (Å²) in [5, 5.41) is 0. The monoisotopic (exact) mass is 165 g/mol. The quantitative estimate of drug-likeness (QED) is 0.683. The third-order valence-electron chi connectivity index (χ3n) is 1.89. The van der Waals surface area contributed by atoms with E-state index in [0.717, 1.165) is 18.4 Å². The fourth-order valence-corrected chi connectivity index (χ4v) is 1.12. The van der Waals surface area contributed by atoms with Gasteiger partial charge in [0.1, 0.15) is 0 Å². The van der Waals surface area contributed by atoms with Crippen LogP contribution in [0.25, 0.3) is 0 Å². The number of aromatic nitrogens is 1. The van der Waals surface area contributed by atoms with Crippen LogP contribution in [0.2, 0.25) is 0 Å². The van der Waals surface area contributed by atoms with Gasteiger partial charge >= 0.3 is 0 Å². The normalized spacial score (nSPS) is 10.6. The van der Waals surface area contributed by atoms with Crippen molar-refractivity contribution in [1.29, 1.82) is 0 Å². The zero-order chi connectivity index (χ0) is 8.97. The van der Waals surface area contributed by atoms with Crippen molar-refractivity contribution in [2.45, 2.75) is 26.7 Å². The predicted octanol–water partition coefficient (Wildman–Crippen LogP) is 2.42. The van der Waals surface area contributed by atoms with E-state index in [0.29, 0.717) is 11.6 Å². The van der Waals surface area contributed by atoms with Gasteiger partial charge in [-0.05, 0) is 30.9 Å². The van der Waals surface area contributed by atoms with Crippen LogP contribution < -0.4 is 0 Å². The Morgan fingerprint density at radius 2 is 2.25 bits per heavy atom. The number of aryl methyl sites for hydroxylation is 1. The summed E-state index contributed by atoms with van der Waals surface area (Å²) in [7, 11) is 0. The maximum atomic E-state index is 10.3. The molecule has 66 valence electrons. The van der Waals surface area contributed by atoms with Gasteiger partial charge in [0.15, 0.2) is 6.29 Å². The van der Waals surface area contributed by atoms with Crippen LogP contribution in [0, 0.1) is 5.92 Å². The van der Waals surface area contributed by atoms with E-state index in [1.807, 2.05) is 12.1 Å². The Bertz CT molecular complexity index is 250. The largest absolute Gasteiger partial charge is 0.356 e. The molecule has 0 aliphatic rings.